The van der Waals surface area contributed by atoms with Gasteiger partial charge >= 0.3 is 0 Å². The summed E-state index contributed by atoms with van der Waals surface area (Å²) in [6.07, 6.45) is 9.43. The van der Waals surface area contributed by atoms with Gasteiger partial charge in [-0.2, -0.15) is 0 Å². The minimum Gasteiger partial charge on any atom is -0.399 e. The molecule has 3 heteroatoms. The molecule has 1 aliphatic heterocycles. The molecule has 0 aromatic carbocycles. The van der Waals surface area contributed by atoms with Crippen LogP contribution in [0.25, 0.3) is 0 Å². The molecule has 2 rings (SSSR count). The second-order valence-electron chi connectivity index (χ2n) is 4.20. The van der Waals surface area contributed by atoms with E-state index >= 15 is 0 Å². The SMILES string of the molecule is CN1CCN(C2=CC(N)=CCC=C2)CC1. The number of likely N-dealkylation sites (N-methyl/N-ethyl adjacent to an activating group) is 1. The number of nitrogens with zero attached hydrogens (tertiary/aromatic N) is 2. The fraction of sp³-hybridized carbons (Fsp3) is 0.500. The average molecular weight is 205 g/mol. The summed E-state index contributed by atoms with van der Waals surface area (Å²) in [4.78, 5) is 4.76. The smallest absolute Gasteiger partial charge is 0.0384 e. The van der Waals surface area contributed by atoms with E-state index in [4.69, 9.17) is 5.73 Å². The Morgan fingerprint density at radius 2 is 1.93 bits per heavy atom. The molecule has 2 N–H and O–H groups in total. The monoisotopic (exact) mass is 205 g/mol. The Bertz CT molecular complexity index is 307. The molecule has 1 aliphatic carbocycles. The Kier molecular flexibility index (Phi) is 3.11. The largest absolute Gasteiger partial charge is 0.399 e. The van der Waals surface area contributed by atoms with Gasteiger partial charge in [-0.15, -0.1) is 0 Å². The highest BCUT2D eigenvalue weighted by Crippen LogP contribution is 2.14. The molecule has 1 heterocycles. The van der Waals surface area contributed by atoms with Crippen molar-refractivity contribution in [2.45, 2.75) is 6.42 Å². The van der Waals surface area contributed by atoms with E-state index in [-0.39, 0.29) is 0 Å². The molecule has 0 aromatic heterocycles. The quantitative estimate of drug-likeness (QED) is 0.691. The van der Waals surface area contributed by atoms with Gasteiger partial charge in [-0.25, -0.2) is 0 Å². The van der Waals surface area contributed by atoms with Gasteiger partial charge in [0.2, 0.25) is 0 Å². The van der Waals surface area contributed by atoms with Crippen LogP contribution >= 0.6 is 0 Å². The van der Waals surface area contributed by atoms with Crippen LogP contribution in [0.4, 0.5) is 0 Å². The number of hydrogen-bond acceptors (Lipinski definition) is 3. The molecule has 0 spiro atoms. The average Bonchev–Trinajstić information content (AvgIpc) is 2.44. The summed E-state index contributed by atoms with van der Waals surface area (Å²) in [6, 6.07) is 0. The first-order valence-electron chi connectivity index (χ1n) is 5.53. The third-order valence-corrected chi connectivity index (χ3v) is 2.96. The fourth-order valence-corrected chi connectivity index (χ4v) is 1.93. The van der Waals surface area contributed by atoms with Crippen molar-refractivity contribution in [1.29, 1.82) is 0 Å². The third kappa shape index (κ3) is 2.63. The van der Waals surface area contributed by atoms with Crippen molar-refractivity contribution in [3.8, 4) is 0 Å². The lowest BCUT2D eigenvalue weighted by Crippen LogP contribution is -2.43. The van der Waals surface area contributed by atoms with Gasteiger partial charge in [0, 0.05) is 37.6 Å². The minimum absolute atomic E-state index is 0.883. The number of allylic oxidation sites excluding steroid dienone is 4. The zero-order chi connectivity index (χ0) is 10.7. The number of piperazine rings is 1. The molecule has 2 aliphatic rings. The molecule has 0 saturated carbocycles. The summed E-state index contributed by atoms with van der Waals surface area (Å²) in [6.45, 7) is 4.46. The van der Waals surface area contributed by atoms with Gasteiger partial charge in [0.1, 0.15) is 0 Å². The van der Waals surface area contributed by atoms with Crippen molar-refractivity contribution in [1.82, 2.24) is 9.80 Å². The summed E-state index contributed by atoms with van der Waals surface area (Å²) in [7, 11) is 2.17. The Labute approximate surface area is 91.5 Å². The lowest BCUT2D eigenvalue weighted by Gasteiger charge is -2.34. The zero-order valence-corrected chi connectivity index (χ0v) is 9.32. The molecule has 0 atom stereocenters. The molecule has 1 fully saturated rings. The van der Waals surface area contributed by atoms with Crippen LogP contribution in [0.15, 0.2) is 35.7 Å². The van der Waals surface area contributed by atoms with E-state index in [9.17, 15) is 0 Å². The number of rotatable bonds is 1. The molecule has 82 valence electrons. The van der Waals surface area contributed by atoms with Gasteiger partial charge in [-0.1, -0.05) is 12.2 Å². The lowest BCUT2D eigenvalue weighted by atomic mass is 10.2. The Morgan fingerprint density at radius 3 is 2.67 bits per heavy atom. The molecule has 15 heavy (non-hydrogen) atoms. The van der Waals surface area contributed by atoms with Crippen molar-refractivity contribution < 1.29 is 0 Å². The maximum atomic E-state index is 5.87. The molecule has 0 unspecified atom stereocenters. The Morgan fingerprint density at radius 1 is 1.20 bits per heavy atom. The first-order chi connectivity index (χ1) is 7.25. The Balaban J connectivity index is 2.06. The van der Waals surface area contributed by atoms with Crippen LogP contribution in [0, 0.1) is 0 Å². The summed E-state index contributed by atoms with van der Waals surface area (Å²) in [5.41, 5.74) is 8.01. The normalized spacial score (nSPS) is 23.4. The van der Waals surface area contributed by atoms with E-state index in [1.807, 2.05) is 0 Å². The molecular formula is C12H19N3. The molecule has 0 amide bonds. The van der Waals surface area contributed by atoms with Crippen molar-refractivity contribution in [2.75, 3.05) is 33.2 Å². The van der Waals surface area contributed by atoms with Crippen molar-refractivity contribution in [3.63, 3.8) is 0 Å². The zero-order valence-electron chi connectivity index (χ0n) is 9.32. The van der Waals surface area contributed by atoms with Gasteiger partial charge in [-0.3, -0.25) is 0 Å². The van der Waals surface area contributed by atoms with E-state index in [0.717, 1.165) is 38.3 Å². The Hall–Kier alpha value is -1.22. The van der Waals surface area contributed by atoms with E-state index in [1.165, 1.54) is 5.70 Å². The molecule has 0 aromatic rings. The van der Waals surface area contributed by atoms with Gasteiger partial charge in [0.15, 0.2) is 0 Å². The molecule has 1 saturated heterocycles. The molecular weight excluding hydrogens is 186 g/mol. The van der Waals surface area contributed by atoms with Crippen molar-refractivity contribution in [2.24, 2.45) is 5.73 Å². The third-order valence-electron chi connectivity index (χ3n) is 2.96. The second-order valence-corrected chi connectivity index (χ2v) is 4.20. The fourth-order valence-electron chi connectivity index (χ4n) is 1.93. The van der Waals surface area contributed by atoms with Gasteiger partial charge in [-0.05, 0) is 25.6 Å². The lowest BCUT2D eigenvalue weighted by molar-refractivity contribution is 0.190. The first-order valence-corrected chi connectivity index (χ1v) is 5.53. The number of hydrogen-bond donors (Lipinski definition) is 1. The van der Waals surface area contributed by atoms with Crippen LogP contribution in [-0.2, 0) is 0 Å². The maximum absolute atomic E-state index is 5.87. The highest BCUT2D eigenvalue weighted by molar-refractivity contribution is 5.31. The molecule has 0 bridgehead atoms. The predicted molar refractivity (Wildman–Crippen MR) is 63.2 cm³/mol. The van der Waals surface area contributed by atoms with Gasteiger partial charge < -0.3 is 15.5 Å². The predicted octanol–water partition coefficient (Wildman–Crippen LogP) is 0.920. The second kappa shape index (κ2) is 4.53. The summed E-state index contributed by atoms with van der Waals surface area (Å²) in [5, 5.41) is 0. The van der Waals surface area contributed by atoms with Crippen LogP contribution in [0.2, 0.25) is 0 Å². The maximum Gasteiger partial charge on any atom is 0.0384 e. The highest BCUT2D eigenvalue weighted by atomic mass is 15.2. The molecule has 0 radical (unpaired) electrons. The molecule has 3 nitrogen and oxygen atoms in total. The van der Waals surface area contributed by atoms with E-state index in [0.29, 0.717) is 0 Å². The standard InChI is InChI=1S/C12H19N3/c1-14-6-8-15(9-7-14)12-5-3-2-4-11(13)10-12/h3-5,10H,2,6-9,13H2,1H3. The van der Waals surface area contributed by atoms with Crippen LogP contribution in [0.3, 0.4) is 0 Å². The first kappa shape index (κ1) is 10.3. The summed E-state index contributed by atoms with van der Waals surface area (Å²) in [5.74, 6) is 0. The van der Waals surface area contributed by atoms with Crippen molar-refractivity contribution in [3.05, 3.63) is 35.7 Å². The van der Waals surface area contributed by atoms with Crippen LogP contribution in [-0.4, -0.2) is 43.0 Å². The topological polar surface area (TPSA) is 32.5 Å². The van der Waals surface area contributed by atoms with Crippen LogP contribution < -0.4 is 5.73 Å². The van der Waals surface area contributed by atoms with Crippen LogP contribution in [0.1, 0.15) is 6.42 Å². The van der Waals surface area contributed by atoms with Gasteiger partial charge in [0.05, 0.1) is 0 Å². The van der Waals surface area contributed by atoms with Crippen LogP contribution in [0.5, 0.6) is 0 Å². The summed E-state index contributed by atoms with van der Waals surface area (Å²) >= 11 is 0. The van der Waals surface area contributed by atoms with Gasteiger partial charge in [0.25, 0.3) is 0 Å². The van der Waals surface area contributed by atoms with Crippen molar-refractivity contribution >= 4 is 0 Å². The summed E-state index contributed by atoms with van der Waals surface area (Å²) < 4.78 is 0. The minimum atomic E-state index is 0.883. The number of nitrogens with two attached hydrogens (primary N) is 1. The van der Waals surface area contributed by atoms with E-state index < -0.39 is 0 Å². The van der Waals surface area contributed by atoms with E-state index in [1.54, 1.807) is 0 Å². The van der Waals surface area contributed by atoms with E-state index in [2.05, 4.69) is 41.2 Å². The highest BCUT2D eigenvalue weighted by Gasteiger charge is 2.15.